The number of carbonyl (C=O) groups is 1. The van der Waals surface area contributed by atoms with E-state index >= 15 is 0 Å². The molecular weight excluding hydrogens is 352 g/mol. The Morgan fingerprint density at radius 2 is 1.93 bits per heavy atom. The summed E-state index contributed by atoms with van der Waals surface area (Å²) in [6.45, 7) is 2.45. The first kappa shape index (κ1) is 17.2. The highest BCUT2D eigenvalue weighted by Crippen LogP contribution is 2.41. The molecule has 1 spiro atoms. The molecule has 1 saturated heterocycles. The number of nitrogens with zero attached hydrogens (tertiary/aromatic N) is 4. The van der Waals surface area contributed by atoms with Crippen LogP contribution in [0.25, 0.3) is 11.3 Å². The van der Waals surface area contributed by atoms with Gasteiger partial charge in [0, 0.05) is 37.3 Å². The van der Waals surface area contributed by atoms with Crippen molar-refractivity contribution >= 4 is 5.91 Å². The van der Waals surface area contributed by atoms with Crippen LogP contribution in [-0.2, 0) is 12.0 Å². The number of fused-ring (bicyclic) bond motifs is 2. The van der Waals surface area contributed by atoms with Crippen LogP contribution in [0, 0.1) is 0 Å². The lowest BCUT2D eigenvalue weighted by molar-refractivity contribution is 0.0226. The van der Waals surface area contributed by atoms with Crippen LogP contribution in [0.1, 0.15) is 34.6 Å². The summed E-state index contributed by atoms with van der Waals surface area (Å²) >= 11 is 0. The highest BCUT2D eigenvalue weighted by Gasteiger charge is 2.45. The van der Waals surface area contributed by atoms with Gasteiger partial charge in [0.05, 0.1) is 35.0 Å². The molecule has 3 aromatic rings. The molecule has 7 heteroatoms. The molecule has 1 fully saturated rings. The summed E-state index contributed by atoms with van der Waals surface area (Å²) in [5.74, 6) is 0.0446. The summed E-state index contributed by atoms with van der Waals surface area (Å²) in [5.41, 5.74) is 4.75. The quantitative estimate of drug-likeness (QED) is 0.720. The van der Waals surface area contributed by atoms with E-state index in [1.807, 2.05) is 35.2 Å². The lowest BCUT2D eigenvalue weighted by atomic mass is 9.79. The largest absolute Gasteiger partial charge is 0.348 e. The predicted molar refractivity (Wildman–Crippen MR) is 106 cm³/mol. The third-order valence-corrected chi connectivity index (χ3v) is 6.40. The second-order valence-electron chi connectivity index (χ2n) is 7.75. The molecule has 1 aromatic carbocycles. The molecule has 2 aliphatic heterocycles. The Balaban J connectivity index is 1.38. The fourth-order valence-corrected chi connectivity index (χ4v) is 4.73. The van der Waals surface area contributed by atoms with Gasteiger partial charge in [0.1, 0.15) is 0 Å². The third kappa shape index (κ3) is 2.57. The summed E-state index contributed by atoms with van der Waals surface area (Å²) < 4.78 is 0. The number of imidazole rings is 1. The van der Waals surface area contributed by atoms with Gasteiger partial charge < -0.3 is 9.88 Å². The lowest BCUT2D eigenvalue weighted by Crippen LogP contribution is -2.55. The molecule has 0 radical (unpaired) electrons. The van der Waals surface area contributed by atoms with Gasteiger partial charge in [0.15, 0.2) is 0 Å². The topological polar surface area (TPSA) is 80.9 Å². The van der Waals surface area contributed by atoms with Crippen LogP contribution in [0.2, 0.25) is 0 Å². The number of hydrogen-bond donors (Lipinski definition) is 2. The molecule has 0 bridgehead atoms. The van der Waals surface area contributed by atoms with Crippen molar-refractivity contribution in [3.8, 4) is 11.3 Å². The van der Waals surface area contributed by atoms with Gasteiger partial charge in [-0.25, -0.2) is 4.98 Å². The zero-order valence-corrected chi connectivity index (χ0v) is 16.0. The number of H-pyrrole nitrogens is 2. The van der Waals surface area contributed by atoms with Crippen molar-refractivity contribution in [1.82, 2.24) is 30.0 Å². The number of benzene rings is 1. The van der Waals surface area contributed by atoms with Crippen molar-refractivity contribution < 1.29 is 4.79 Å². The normalized spacial score (nSPS) is 19.0. The minimum atomic E-state index is -0.0664. The highest BCUT2D eigenvalue weighted by molar-refractivity contribution is 5.99. The van der Waals surface area contributed by atoms with Crippen molar-refractivity contribution in [3.05, 3.63) is 59.8 Å². The van der Waals surface area contributed by atoms with Gasteiger partial charge in [-0.3, -0.25) is 14.8 Å². The molecule has 0 unspecified atom stereocenters. The van der Waals surface area contributed by atoms with E-state index in [4.69, 9.17) is 0 Å². The molecule has 144 valence electrons. The summed E-state index contributed by atoms with van der Waals surface area (Å²) in [5, 5.41) is 7.13. The predicted octanol–water partition coefficient (Wildman–Crippen LogP) is 2.42. The fourth-order valence-electron chi connectivity index (χ4n) is 4.73. The van der Waals surface area contributed by atoms with Crippen LogP contribution in [0.3, 0.4) is 0 Å². The average molecular weight is 376 g/mol. The number of carbonyl (C=O) groups excluding carboxylic acids is 1. The maximum Gasteiger partial charge on any atom is 0.257 e. The van der Waals surface area contributed by atoms with Gasteiger partial charge in [-0.2, -0.15) is 5.10 Å². The summed E-state index contributed by atoms with van der Waals surface area (Å²) in [6, 6.07) is 9.89. The summed E-state index contributed by atoms with van der Waals surface area (Å²) in [4.78, 5) is 25.6. The minimum absolute atomic E-state index is 0.0446. The number of piperidine rings is 1. The number of aromatic nitrogens is 4. The molecule has 1 amide bonds. The van der Waals surface area contributed by atoms with Crippen LogP contribution in [0.4, 0.5) is 0 Å². The van der Waals surface area contributed by atoms with Crippen molar-refractivity contribution in [3.63, 3.8) is 0 Å². The number of rotatable bonds is 2. The third-order valence-electron chi connectivity index (χ3n) is 6.40. The van der Waals surface area contributed by atoms with Gasteiger partial charge in [-0.15, -0.1) is 0 Å². The Labute approximate surface area is 163 Å². The number of hydrogen-bond acceptors (Lipinski definition) is 4. The zero-order chi connectivity index (χ0) is 19.1. The van der Waals surface area contributed by atoms with Gasteiger partial charge in [0.2, 0.25) is 0 Å². The lowest BCUT2D eigenvalue weighted by Gasteiger charge is -2.49. The first-order valence-corrected chi connectivity index (χ1v) is 9.81. The minimum Gasteiger partial charge on any atom is -0.348 e. The summed E-state index contributed by atoms with van der Waals surface area (Å²) in [7, 11) is 2.18. The number of nitrogens with one attached hydrogen (secondary N) is 2. The van der Waals surface area contributed by atoms with E-state index in [1.165, 1.54) is 11.4 Å². The molecule has 0 atom stereocenters. The molecule has 2 aromatic heterocycles. The molecule has 7 nitrogen and oxygen atoms in total. The van der Waals surface area contributed by atoms with E-state index in [-0.39, 0.29) is 11.4 Å². The maximum absolute atomic E-state index is 13.2. The molecule has 2 N–H and O–H groups in total. The van der Waals surface area contributed by atoms with Gasteiger partial charge in [-0.1, -0.05) is 30.3 Å². The second-order valence-corrected chi connectivity index (χ2v) is 7.75. The van der Waals surface area contributed by atoms with Crippen LogP contribution in [-0.4, -0.2) is 62.6 Å². The van der Waals surface area contributed by atoms with E-state index < -0.39 is 0 Å². The highest BCUT2D eigenvalue weighted by atomic mass is 16.2. The van der Waals surface area contributed by atoms with Gasteiger partial charge in [-0.05, 0) is 19.9 Å². The molecule has 0 saturated carbocycles. The van der Waals surface area contributed by atoms with E-state index in [9.17, 15) is 4.79 Å². The number of amides is 1. The van der Waals surface area contributed by atoms with Crippen LogP contribution in [0.5, 0.6) is 0 Å². The number of aromatic amines is 2. The monoisotopic (exact) mass is 376 g/mol. The Hall–Kier alpha value is -2.93. The van der Waals surface area contributed by atoms with Crippen molar-refractivity contribution in [2.24, 2.45) is 0 Å². The van der Waals surface area contributed by atoms with Crippen LogP contribution in [0.15, 0.2) is 42.9 Å². The first-order valence-electron chi connectivity index (χ1n) is 9.81. The SMILES string of the molecule is CN1CCc2[nH]cnc2C12CCN(C(=O)c1cn[nH]c1-c1ccccc1)CC2. The fraction of sp³-hybridized carbons (Fsp3) is 0.381. The van der Waals surface area contributed by atoms with Crippen LogP contribution >= 0.6 is 0 Å². The standard InChI is InChI=1S/C21H24N6O/c1-26-10-7-17-19(23-14-22-17)21(26)8-11-27(12-9-21)20(28)16-13-24-25-18(16)15-5-3-2-4-6-15/h2-6,13-14H,7-12H2,1H3,(H,22,23)(H,24,25). The van der Waals surface area contributed by atoms with E-state index in [0.717, 1.165) is 50.2 Å². The van der Waals surface area contributed by atoms with E-state index in [1.54, 1.807) is 12.5 Å². The number of likely N-dealkylation sites (tertiary alicyclic amines) is 1. The molecule has 28 heavy (non-hydrogen) atoms. The van der Waals surface area contributed by atoms with E-state index in [2.05, 4.69) is 32.1 Å². The Kier molecular flexibility index (Phi) is 4.05. The van der Waals surface area contributed by atoms with E-state index in [0.29, 0.717) is 5.56 Å². The maximum atomic E-state index is 13.2. The zero-order valence-electron chi connectivity index (χ0n) is 16.0. The van der Waals surface area contributed by atoms with Crippen LogP contribution < -0.4 is 0 Å². The molecule has 2 aliphatic rings. The molecule has 0 aliphatic carbocycles. The Morgan fingerprint density at radius 1 is 1.14 bits per heavy atom. The second kappa shape index (κ2) is 6.60. The van der Waals surface area contributed by atoms with Gasteiger partial charge >= 0.3 is 0 Å². The van der Waals surface area contributed by atoms with Crippen molar-refractivity contribution in [2.45, 2.75) is 24.8 Å². The first-order chi connectivity index (χ1) is 13.7. The average Bonchev–Trinajstić information content (AvgIpc) is 3.42. The van der Waals surface area contributed by atoms with Gasteiger partial charge in [0.25, 0.3) is 5.91 Å². The summed E-state index contributed by atoms with van der Waals surface area (Å²) in [6.07, 6.45) is 6.25. The Morgan fingerprint density at radius 3 is 2.71 bits per heavy atom. The van der Waals surface area contributed by atoms with Crippen molar-refractivity contribution in [2.75, 3.05) is 26.7 Å². The van der Waals surface area contributed by atoms with Crippen molar-refractivity contribution in [1.29, 1.82) is 0 Å². The smallest absolute Gasteiger partial charge is 0.257 e. The molecule has 5 rings (SSSR count). The molecule has 4 heterocycles. The Bertz CT molecular complexity index is 983. The number of likely N-dealkylation sites (N-methyl/N-ethyl adjacent to an activating group) is 1. The molecular formula is C21H24N6O.